The van der Waals surface area contributed by atoms with Crippen molar-refractivity contribution in [3.63, 3.8) is 0 Å². The fourth-order valence-electron chi connectivity index (χ4n) is 4.34. The summed E-state index contributed by atoms with van der Waals surface area (Å²) in [5.41, 5.74) is 0.402. The van der Waals surface area contributed by atoms with Crippen molar-refractivity contribution in [2.24, 2.45) is 0 Å². The van der Waals surface area contributed by atoms with Gasteiger partial charge in [0.2, 0.25) is 5.91 Å². The molecule has 0 bridgehead atoms. The first-order valence-corrected chi connectivity index (χ1v) is 11.4. The van der Waals surface area contributed by atoms with Gasteiger partial charge in [0.25, 0.3) is 0 Å². The number of amides is 1. The third-order valence-electron chi connectivity index (χ3n) is 6.18. The molecule has 2 aliphatic rings. The van der Waals surface area contributed by atoms with Crippen LogP contribution in [-0.2, 0) is 38.1 Å². The van der Waals surface area contributed by atoms with E-state index in [-0.39, 0.29) is 24.4 Å². The molecule has 2 N–H and O–H groups in total. The molecule has 0 radical (unpaired) electrons. The highest BCUT2D eigenvalue weighted by molar-refractivity contribution is 5.79. The van der Waals surface area contributed by atoms with E-state index in [2.05, 4.69) is 20.6 Å². The predicted octanol–water partition coefficient (Wildman–Crippen LogP) is 3.61. The minimum Gasteiger partial charge on any atom is -0.379 e. The van der Waals surface area contributed by atoms with E-state index in [0.717, 1.165) is 6.07 Å². The summed E-state index contributed by atoms with van der Waals surface area (Å²) in [6.07, 6.45) is -4.54. The molecular formula is C24H29F3N4O4. The number of hydrogen-bond acceptors (Lipinski definition) is 7. The van der Waals surface area contributed by atoms with Gasteiger partial charge in [0, 0.05) is 13.2 Å². The highest BCUT2D eigenvalue weighted by atomic mass is 19.4. The van der Waals surface area contributed by atoms with Crippen molar-refractivity contribution in [1.82, 2.24) is 15.3 Å². The Morgan fingerprint density at radius 1 is 1.17 bits per heavy atom. The van der Waals surface area contributed by atoms with Gasteiger partial charge in [0.05, 0.1) is 48.6 Å². The van der Waals surface area contributed by atoms with E-state index in [0.29, 0.717) is 61.3 Å². The van der Waals surface area contributed by atoms with Gasteiger partial charge in [0.1, 0.15) is 11.6 Å². The summed E-state index contributed by atoms with van der Waals surface area (Å²) < 4.78 is 56.8. The van der Waals surface area contributed by atoms with Crippen molar-refractivity contribution in [2.75, 3.05) is 31.7 Å². The van der Waals surface area contributed by atoms with Crippen LogP contribution in [0.25, 0.3) is 0 Å². The van der Waals surface area contributed by atoms with Crippen LogP contribution in [0, 0.1) is 13.8 Å². The van der Waals surface area contributed by atoms with Gasteiger partial charge in [-0.15, -0.1) is 0 Å². The standard InChI is InChI=1S/C24H29F3N4O4/c1-14-16(5-4-6-17(14)24(25,26)27)12-28-21-20(22-34-9-10-35-22)18(29-15(2)30-21)11-19(32)31-23(3)7-8-33-13-23/h4-6,22H,7-13H2,1-3H3,(H,31,32)(H,28,29,30). The molecule has 4 rings (SSSR count). The quantitative estimate of drug-likeness (QED) is 0.607. The molecule has 2 saturated heterocycles. The first-order chi connectivity index (χ1) is 16.6. The number of aryl methyl sites for hydroxylation is 1. The maximum Gasteiger partial charge on any atom is 0.416 e. The number of rotatable bonds is 7. The van der Waals surface area contributed by atoms with Crippen molar-refractivity contribution in [3.05, 3.63) is 52.0 Å². The maximum absolute atomic E-state index is 13.3. The molecule has 35 heavy (non-hydrogen) atoms. The predicted molar refractivity (Wildman–Crippen MR) is 121 cm³/mol. The zero-order chi connectivity index (χ0) is 25.2. The van der Waals surface area contributed by atoms with Gasteiger partial charge in [-0.2, -0.15) is 13.2 Å². The molecule has 1 atom stereocenters. The van der Waals surface area contributed by atoms with E-state index >= 15 is 0 Å². The average molecular weight is 495 g/mol. The largest absolute Gasteiger partial charge is 0.416 e. The van der Waals surface area contributed by atoms with E-state index in [1.807, 2.05) is 6.92 Å². The normalized spacial score (nSPS) is 20.9. The van der Waals surface area contributed by atoms with Crippen molar-refractivity contribution in [1.29, 1.82) is 0 Å². The molecule has 3 heterocycles. The summed E-state index contributed by atoms with van der Waals surface area (Å²) in [5.74, 6) is 0.544. The number of anilines is 1. The maximum atomic E-state index is 13.3. The van der Waals surface area contributed by atoms with Crippen LogP contribution < -0.4 is 10.6 Å². The number of nitrogens with zero attached hydrogens (tertiary/aromatic N) is 2. The Balaban J connectivity index is 1.61. The molecule has 1 aromatic carbocycles. The molecule has 2 aromatic rings. The van der Waals surface area contributed by atoms with Crippen molar-refractivity contribution in [3.8, 4) is 0 Å². The topological polar surface area (TPSA) is 94.6 Å². The lowest BCUT2D eigenvalue weighted by Gasteiger charge is -2.24. The Morgan fingerprint density at radius 2 is 1.91 bits per heavy atom. The fraction of sp³-hybridized carbons (Fsp3) is 0.542. The van der Waals surface area contributed by atoms with Crippen LogP contribution in [0.1, 0.15) is 53.4 Å². The van der Waals surface area contributed by atoms with E-state index in [1.54, 1.807) is 13.0 Å². The highest BCUT2D eigenvalue weighted by Crippen LogP contribution is 2.34. The number of benzene rings is 1. The number of hydrogen-bond donors (Lipinski definition) is 2. The van der Waals surface area contributed by atoms with E-state index in [9.17, 15) is 18.0 Å². The number of nitrogens with one attached hydrogen (secondary N) is 2. The Labute approximate surface area is 201 Å². The summed E-state index contributed by atoms with van der Waals surface area (Å²) in [5, 5.41) is 6.14. The smallest absolute Gasteiger partial charge is 0.379 e. The van der Waals surface area contributed by atoms with Gasteiger partial charge < -0.3 is 24.8 Å². The minimum absolute atomic E-state index is 0.0330. The minimum atomic E-state index is -4.44. The van der Waals surface area contributed by atoms with Gasteiger partial charge >= 0.3 is 6.18 Å². The van der Waals surface area contributed by atoms with Gasteiger partial charge in [-0.25, -0.2) is 9.97 Å². The molecule has 11 heteroatoms. The first-order valence-electron chi connectivity index (χ1n) is 11.4. The summed E-state index contributed by atoms with van der Waals surface area (Å²) in [6, 6.07) is 4.07. The van der Waals surface area contributed by atoms with Crippen LogP contribution >= 0.6 is 0 Å². The zero-order valence-corrected chi connectivity index (χ0v) is 19.9. The molecule has 1 amide bonds. The third-order valence-corrected chi connectivity index (χ3v) is 6.18. The van der Waals surface area contributed by atoms with Gasteiger partial charge in [-0.3, -0.25) is 4.79 Å². The molecule has 0 saturated carbocycles. The fourth-order valence-corrected chi connectivity index (χ4v) is 4.34. The summed E-state index contributed by atoms with van der Waals surface area (Å²) in [6.45, 7) is 6.91. The van der Waals surface area contributed by atoms with Crippen LogP contribution in [0.4, 0.5) is 19.0 Å². The number of alkyl halides is 3. The number of aromatic nitrogens is 2. The van der Waals surface area contributed by atoms with Crippen LogP contribution in [0.5, 0.6) is 0 Å². The Hall–Kier alpha value is -2.76. The van der Waals surface area contributed by atoms with Gasteiger partial charge in [-0.05, 0) is 44.4 Å². The molecule has 2 aliphatic heterocycles. The average Bonchev–Trinajstić information content (AvgIpc) is 3.44. The second-order valence-corrected chi connectivity index (χ2v) is 9.08. The van der Waals surface area contributed by atoms with Gasteiger partial charge in [-0.1, -0.05) is 12.1 Å². The third kappa shape index (κ3) is 5.91. The van der Waals surface area contributed by atoms with Crippen LogP contribution in [-0.4, -0.2) is 47.8 Å². The Bertz CT molecular complexity index is 1080. The SMILES string of the molecule is Cc1nc(CC(=O)NC2(C)CCOC2)c(C2OCCO2)c(NCc2cccc(C(F)(F)F)c2C)n1. The van der Waals surface area contributed by atoms with E-state index in [1.165, 1.54) is 13.0 Å². The lowest BCUT2D eigenvalue weighted by atomic mass is 10.0. The number of halogens is 3. The Kier molecular flexibility index (Phi) is 7.30. The molecule has 0 aliphatic carbocycles. The molecular weight excluding hydrogens is 465 g/mol. The van der Waals surface area contributed by atoms with E-state index in [4.69, 9.17) is 14.2 Å². The highest BCUT2D eigenvalue weighted by Gasteiger charge is 2.34. The lowest BCUT2D eigenvalue weighted by Crippen LogP contribution is -2.47. The Morgan fingerprint density at radius 3 is 2.57 bits per heavy atom. The molecule has 0 spiro atoms. The van der Waals surface area contributed by atoms with Crippen molar-refractivity contribution >= 4 is 11.7 Å². The van der Waals surface area contributed by atoms with Crippen LogP contribution in [0.2, 0.25) is 0 Å². The first kappa shape index (κ1) is 25.3. The van der Waals surface area contributed by atoms with Crippen LogP contribution in [0.3, 0.4) is 0 Å². The summed E-state index contributed by atoms with van der Waals surface area (Å²) >= 11 is 0. The molecule has 8 nitrogen and oxygen atoms in total. The molecule has 190 valence electrons. The molecule has 2 fully saturated rings. The number of carbonyl (C=O) groups is 1. The van der Waals surface area contributed by atoms with Crippen LogP contribution in [0.15, 0.2) is 18.2 Å². The summed E-state index contributed by atoms with van der Waals surface area (Å²) in [4.78, 5) is 21.8. The van der Waals surface area contributed by atoms with Gasteiger partial charge in [0.15, 0.2) is 6.29 Å². The van der Waals surface area contributed by atoms with Crippen molar-refractivity contribution < 1.29 is 32.2 Å². The summed E-state index contributed by atoms with van der Waals surface area (Å²) in [7, 11) is 0. The monoisotopic (exact) mass is 494 g/mol. The second kappa shape index (κ2) is 10.1. The number of carbonyl (C=O) groups excluding carboxylic acids is 1. The molecule has 1 aromatic heterocycles. The molecule has 1 unspecified atom stereocenters. The lowest BCUT2D eigenvalue weighted by molar-refractivity contribution is -0.138. The second-order valence-electron chi connectivity index (χ2n) is 9.08. The van der Waals surface area contributed by atoms with E-state index < -0.39 is 23.6 Å². The van der Waals surface area contributed by atoms with Crippen molar-refractivity contribution in [2.45, 2.75) is 58.2 Å². The number of ether oxygens (including phenoxy) is 3. The zero-order valence-electron chi connectivity index (χ0n) is 19.9.